The highest BCUT2D eigenvalue weighted by molar-refractivity contribution is 5.94. The molecule has 0 bridgehead atoms. The first kappa shape index (κ1) is 21.0. The highest BCUT2D eigenvalue weighted by atomic mass is 16.2. The van der Waals surface area contributed by atoms with Crippen molar-refractivity contribution >= 4 is 11.8 Å². The third-order valence-electron chi connectivity index (χ3n) is 6.29. The van der Waals surface area contributed by atoms with Gasteiger partial charge in [0.1, 0.15) is 5.82 Å². The lowest BCUT2D eigenvalue weighted by atomic mass is 9.99. The summed E-state index contributed by atoms with van der Waals surface area (Å²) in [6.45, 7) is 1.30. The third-order valence-corrected chi connectivity index (χ3v) is 6.29. The number of fused-ring (bicyclic) bond motifs is 1. The summed E-state index contributed by atoms with van der Waals surface area (Å²) in [5.41, 5.74) is 2.08. The average molecular weight is 444 g/mol. The van der Waals surface area contributed by atoms with Crippen LogP contribution < -0.4 is 5.56 Å². The van der Waals surface area contributed by atoms with E-state index >= 15 is 0 Å². The van der Waals surface area contributed by atoms with Gasteiger partial charge in [-0.1, -0.05) is 0 Å². The van der Waals surface area contributed by atoms with Gasteiger partial charge in [0, 0.05) is 49.0 Å². The van der Waals surface area contributed by atoms with Crippen LogP contribution >= 0.6 is 0 Å². The summed E-state index contributed by atoms with van der Waals surface area (Å²) in [6, 6.07) is 6.52. The quantitative estimate of drug-likeness (QED) is 0.662. The number of carbonyl (C=O) groups excluding carboxylic acids is 2. The molecule has 0 aromatic carbocycles. The van der Waals surface area contributed by atoms with E-state index in [9.17, 15) is 14.4 Å². The van der Waals surface area contributed by atoms with Crippen molar-refractivity contribution in [1.82, 2.24) is 29.7 Å². The number of amides is 2. The molecule has 1 fully saturated rings. The van der Waals surface area contributed by atoms with Crippen LogP contribution in [0.25, 0.3) is 0 Å². The van der Waals surface area contributed by atoms with Gasteiger partial charge >= 0.3 is 0 Å². The van der Waals surface area contributed by atoms with Gasteiger partial charge in [-0.25, -0.2) is 4.98 Å². The van der Waals surface area contributed by atoms with Gasteiger partial charge in [0.25, 0.3) is 17.4 Å². The minimum Gasteiger partial charge on any atom is -0.332 e. The van der Waals surface area contributed by atoms with Crippen molar-refractivity contribution in [2.24, 2.45) is 0 Å². The lowest BCUT2D eigenvalue weighted by Gasteiger charge is -2.36. The molecule has 9 nitrogen and oxygen atoms in total. The maximum atomic E-state index is 13.2. The second-order valence-corrected chi connectivity index (χ2v) is 8.34. The minimum absolute atomic E-state index is 0.101. The number of aromatic amines is 1. The fourth-order valence-electron chi connectivity index (χ4n) is 4.58. The second-order valence-electron chi connectivity index (χ2n) is 8.34. The van der Waals surface area contributed by atoms with Gasteiger partial charge < -0.3 is 14.8 Å². The minimum atomic E-state index is -0.318. The van der Waals surface area contributed by atoms with Gasteiger partial charge in [0.05, 0.1) is 23.8 Å². The fraction of sp³-hybridized carbons (Fsp3) is 0.333. The number of likely N-dealkylation sites (tertiary alicyclic amines) is 1. The molecule has 0 spiro atoms. The monoisotopic (exact) mass is 444 g/mol. The molecule has 5 heterocycles. The number of hydrogen-bond donors (Lipinski definition) is 1. The first-order valence-corrected chi connectivity index (χ1v) is 11.1. The molecule has 33 heavy (non-hydrogen) atoms. The molecule has 2 aliphatic rings. The van der Waals surface area contributed by atoms with E-state index in [1.54, 1.807) is 58.9 Å². The molecule has 3 aromatic heterocycles. The van der Waals surface area contributed by atoms with E-state index in [2.05, 4.69) is 15.0 Å². The Kier molecular flexibility index (Phi) is 5.68. The maximum Gasteiger partial charge on any atom is 0.255 e. The number of piperidine rings is 1. The zero-order chi connectivity index (χ0) is 22.8. The van der Waals surface area contributed by atoms with E-state index in [-0.39, 0.29) is 30.0 Å². The van der Waals surface area contributed by atoms with Crippen molar-refractivity contribution < 1.29 is 9.59 Å². The Morgan fingerprint density at radius 2 is 1.82 bits per heavy atom. The number of hydrogen-bond acceptors (Lipinski definition) is 6. The van der Waals surface area contributed by atoms with Crippen LogP contribution in [0.3, 0.4) is 0 Å². The summed E-state index contributed by atoms with van der Waals surface area (Å²) in [7, 11) is 0. The maximum absolute atomic E-state index is 13.2. The van der Waals surface area contributed by atoms with E-state index in [0.29, 0.717) is 47.7 Å². The Balaban J connectivity index is 1.44. The second kappa shape index (κ2) is 8.93. The topological polar surface area (TPSA) is 112 Å². The number of H-pyrrole nitrogens is 1. The molecule has 0 unspecified atom stereocenters. The number of carbonyl (C=O) groups is 2. The summed E-state index contributed by atoms with van der Waals surface area (Å²) in [6.07, 6.45) is 9.36. The molecule has 2 amide bonds. The number of aromatic nitrogens is 4. The van der Waals surface area contributed by atoms with E-state index < -0.39 is 0 Å². The highest BCUT2D eigenvalue weighted by Crippen LogP contribution is 2.30. The van der Waals surface area contributed by atoms with Crippen LogP contribution in [0.15, 0.2) is 53.8 Å². The van der Waals surface area contributed by atoms with Gasteiger partial charge in [-0.2, -0.15) is 0 Å². The average Bonchev–Trinajstić information content (AvgIpc) is 2.88. The normalized spacial score (nSPS) is 18.0. The summed E-state index contributed by atoms with van der Waals surface area (Å²) < 4.78 is 0. The number of nitrogens with one attached hydrogen (secondary N) is 1. The van der Waals surface area contributed by atoms with Gasteiger partial charge in [0.15, 0.2) is 0 Å². The van der Waals surface area contributed by atoms with Crippen molar-refractivity contribution in [2.45, 2.75) is 38.3 Å². The van der Waals surface area contributed by atoms with Gasteiger partial charge in [-0.05, 0) is 49.9 Å². The van der Waals surface area contributed by atoms with Crippen molar-refractivity contribution in [3.63, 3.8) is 0 Å². The molecule has 0 saturated carbocycles. The molecule has 9 heteroatoms. The van der Waals surface area contributed by atoms with E-state index in [1.807, 2.05) is 0 Å². The van der Waals surface area contributed by atoms with Crippen LogP contribution in [0.5, 0.6) is 0 Å². The Morgan fingerprint density at radius 1 is 0.970 bits per heavy atom. The summed E-state index contributed by atoms with van der Waals surface area (Å²) in [5.74, 6) is 0.247. The molecule has 1 saturated heterocycles. The zero-order valence-corrected chi connectivity index (χ0v) is 18.1. The van der Waals surface area contributed by atoms with E-state index in [1.165, 1.54) is 0 Å². The predicted molar refractivity (Wildman–Crippen MR) is 119 cm³/mol. The molecule has 2 aliphatic heterocycles. The van der Waals surface area contributed by atoms with Crippen molar-refractivity contribution in [3.05, 3.63) is 87.6 Å². The van der Waals surface area contributed by atoms with Gasteiger partial charge in [-0.3, -0.25) is 24.4 Å². The molecule has 0 radical (unpaired) electrons. The SMILES string of the molecule is O=C(c1cccnc1)N1CCc2c(nc([C@H]3CCCCN3C(=O)c3ccncc3)[nH]c2=O)C1. The van der Waals surface area contributed by atoms with Gasteiger partial charge in [-0.15, -0.1) is 0 Å². The first-order chi connectivity index (χ1) is 16.1. The molecule has 5 rings (SSSR count). The Morgan fingerprint density at radius 3 is 2.61 bits per heavy atom. The van der Waals surface area contributed by atoms with Gasteiger partial charge in [0.2, 0.25) is 0 Å². The van der Waals surface area contributed by atoms with Crippen LogP contribution in [0, 0.1) is 0 Å². The number of rotatable bonds is 3. The zero-order valence-electron chi connectivity index (χ0n) is 18.1. The van der Waals surface area contributed by atoms with Crippen LogP contribution in [0.1, 0.15) is 63.1 Å². The molecule has 168 valence electrons. The van der Waals surface area contributed by atoms with Crippen LogP contribution in [-0.2, 0) is 13.0 Å². The van der Waals surface area contributed by atoms with E-state index in [0.717, 1.165) is 19.3 Å². The fourth-order valence-corrected chi connectivity index (χ4v) is 4.58. The standard InChI is InChI=1S/C24H24N6O3/c31-22-18-8-13-29(23(32)17-4-3-9-26-14-17)15-19(18)27-21(28-22)20-5-1-2-12-30(20)24(33)16-6-10-25-11-7-16/h3-4,6-7,9-11,14,20H,1-2,5,8,12-13,15H2,(H,27,28,31)/t20-/m1/s1. The molecular formula is C24H24N6O3. The van der Waals surface area contributed by atoms with E-state index in [4.69, 9.17) is 4.98 Å². The Labute approximate surface area is 190 Å². The van der Waals surface area contributed by atoms with Crippen LogP contribution in [0.4, 0.5) is 0 Å². The molecular weight excluding hydrogens is 420 g/mol. The highest BCUT2D eigenvalue weighted by Gasteiger charge is 2.32. The molecule has 1 N–H and O–H groups in total. The van der Waals surface area contributed by atoms with Crippen LogP contribution in [-0.4, -0.2) is 54.6 Å². The third kappa shape index (κ3) is 4.13. The summed E-state index contributed by atoms with van der Waals surface area (Å²) in [5, 5.41) is 0. The smallest absolute Gasteiger partial charge is 0.255 e. The van der Waals surface area contributed by atoms with Crippen molar-refractivity contribution in [2.75, 3.05) is 13.1 Å². The molecule has 0 aliphatic carbocycles. The molecule has 3 aromatic rings. The Hall–Kier alpha value is -3.88. The largest absolute Gasteiger partial charge is 0.332 e. The predicted octanol–water partition coefficient (Wildman–Crippen LogP) is 2.13. The van der Waals surface area contributed by atoms with Crippen LogP contribution in [0.2, 0.25) is 0 Å². The molecule has 1 atom stereocenters. The Bertz CT molecular complexity index is 1230. The summed E-state index contributed by atoms with van der Waals surface area (Å²) in [4.78, 5) is 58.2. The lowest BCUT2D eigenvalue weighted by Crippen LogP contribution is -2.42. The number of nitrogens with zero attached hydrogens (tertiary/aromatic N) is 5. The van der Waals surface area contributed by atoms with Crippen molar-refractivity contribution in [1.29, 1.82) is 0 Å². The summed E-state index contributed by atoms with van der Waals surface area (Å²) >= 11 is 0. The first-order valence-electron chi connectivity index (χ1n) is 11.1. The van der Waals surface area contributed by atoms with Crippen molar-refractivity contribution in [3.8, 4) is 0 Å². The number of pyridine rings is 2. The lowest BCUT2D eigenvalue weighted by molar-refractivity contribution is 0.0598.